The molecule has 1 unspecified atom stereocenters. The number of benzene rings is 1. The molecular weight excluding hydrogens is 251 g/mol. The summed E-state index contributed by atoms with van der Waals surface area (Å²) in [5, 5.41) is 1.99. The number of hydrazine groups is 1. The van der Waals surface area contributed by atoms with Gasteiger partial charge in [0.05, 0.1) is 13.2 Å². The van der Waals surface area contributed by atoms with Crippen LogP contribution in [0.2, 0.25) is 0 Å². The van der Waals surface area contributed by atoms with E-state index >= 15 is 0 Å². The molecule has 1 aromatic carbocycles. The van der Waals surface area contributed by atoms with Crippen molar-refractivity contribution < 1.29 is 9.13 Å². The van der Waals surface area contributed by atoms with Gasteiger partial charge in [0, 0.05) is 4.88 Å². The van der Waals surface area contributed by atoms with Crippen LogP contribution >= 0.6 is 11.3 Å². The van der Waals surface area contributed by atoms with Crippen molar-refractivity contribution in [2.24, 2.45) is 5.84 Å². The molecule has 2 aromatic rings. The van der Waals surface area contributed by atoms with Crippen molar-refractivity contribution in [3.63, 3.8) is 0 Å². The summed E-state index contributed by atoms with van der Waals surface area (Å²) in [5.74, 6) is 5.45. The Morgan fingerprint density at radius 2 is 2.28 bits per heavy atom. The first-order valence-corrected chi connectivity index (χ1v) is 6.44. The largest absolute Gasteiger partial charge is 0.494 e. The van der Waals surface area contributed by atoms with Crippen LogP contribution in [0, 0.1) is 5.82 Å². The number of nitrogens with one attached hydrogen (secondary N) is 1. The lowest BCUT2D eigenvalue weighted by atomic mass is 10.0. The third-order valence-electron chi connectivity index (χ3n) is 2.74. The van der Waals surface area contributed by atoms with Gasteiger partial charge in [-0.3, -0.25) is 11.3 Å². The molecule has 1 aromatic heterocycles. The Bertz CT molecular complexity index is 502. The topological polar surface area (TPSA) is 47.3 Å². The molecule has 3 N–H and O–H groups in total. The summed E-state index contributed by atoms with van der Waals surface area (Å²) in [6, 6.07) is 8.94. The van der Waals surface area contributed by atoms with E-state index in [-0.39, 0.29) is 17.6 Å². The molecule has 18 heavy (non-hydrogen) atoms. The summed E-state index contributed by atoms with van der Waals surface area (Å²) in [4.78, 5) is 1.13. The first-order valence-electron chi connectivity index (χ1n) is 5.56. The van der Waals surface area contributed by atoms with Crippen molar-refractivity contribution in [3.8, 4) is 5.75 Å². The predicted molar refractivity (Wildman–Crippen MR) is 71.0 cm³/mol. The van der Waals surface area contributed by atoms with E-state index in [1.165, 1.54) is 13.2 Å². The van der Waals surface area contributed by atoms with Crippen molar-refractivity contribution in [2.75, 3.05) is 7.11 Å². The highest BCUT2D eigenvalue weighted by molar-refractivity contribution is 7.10. The average molecular weight is 266 g/mol. The molecule has 0 amide bonds. The fraction of sp³-hybridized carbons (Fsp3) is 0.231. The Morgan fingerprint density at radius 3 is 2.83 bits per heavy atom. The summed E-state index contributed by atoms with van der Waals surface area (Å²) in [5.41, 5.74) is 3.64. The van der Waals surface area contributed by atoms with Crippen LogP contribution in [0.3, 0.4) is 0 Å². The number of methoxy groups -OCH3 is 1. The second-order valence-corrected chi connectivity index (χ2v) is 4.89. The van der Waals surface area contributed by atoms with Gasteiger partial charge in [-0.2, -0.15) is 0 Å². The molecule has 0 spiro atoms. The van der Waals surface area contributed by atoms with E-state index < -0.39 is 0 Å². The highest BCUT2D eigenvalue weighted by Crippen LogP contribution is 2.24. The predicted octanol–water partition coefficient (Wildman–Crippen LogP) is 2.64. The number of hydrogen-bond acceptors (Lipinski definition) is 4. The number of hydrogen-bond donors (Lipinski definition) is 2. The van der Waals surface area contributed by atoms with Crippen LogP contribution in [0.15, 0.2) is 35.7 Å². The Labute approximate surface area is 109 Å². The molecule has 2 rings (SSSR count). The van der Waals surface area contributed by atoms with Crippen LogP contribution in [0.4, 0.5) is 4.39 Å². The van der Waals surface area contributed by atoms with E-state index in [1.807, 2.05) is 23.6 Å². The van der Waals surface area contributed by atoms with Gasteiger partial charge < -0.3 is 4.74 Å². The van der Waals surface area contributed by atoms with E-state index in [4.69, 9.17) is 10.6 Å². The summed E-state index contributed by atoms with van der Waals surface area (Å²) in [6.45, 7) is 0. The van der Waals surface area contributed by atoms with Crippen LogP contribution in [0.25, 0.3) is 0 Å². The molecule has 5 heteroatoms. The number of rotatable bonds is 5. The molecule has 3 nitrogen and oxygen atoms in total. The van der Waals surface area contributed by atoms with Crippen molar-refractivity contribution in [3.05, 3.63) is 52.0 Å². The van der Waals surface area contributed by atoms with Gasteiger partial charge in [-0.25, -0.2) is 4.39 Å². The van der Waals surface area contributed by atoms with Crippen LogP contribution < -0.4 is 16.0 Å². The lowest BCUT2D eigenvalue weighted by Crippen LogP contribution is -2.28. The molecule has 0 fully saturated rings. The standard InChI is InChI=1S/C13H15FN2OS/c1-17-12-5-4-9(7-10(12)14)8-11(16-15)13-3-2-6-18-13/h2-7,11,16H,8,15H2,1H3. The Morgan fingerprint density at radius 1 is 1.44 bits per heavy atom. The zero-order valence-corrected chi connectivity index (χ0v) is 10.8. The minimum Gasteiger partial charge on any atom is -0.494 e. The van der Waals surface area contributed by atoms with Gasteiger partial charge in [-0.1, -0.05) is 12.1 Å². The van der Waals surface area contributed by atoms with E-state index in [0.717, 1.165) is 10.4 Å². The third-order valence-corrected chi connectivity index (χ3v) is 3.73. The quantitative estimate of drug-likeness (QED) is 0.646. The molecule has 0 radical (unpaired) electrons. The smallest absolute Gasteiger partial charge is 0.165 e. The van der Waals surface area contributed by atoms with Crippen molar-refractivity contribution in [1.29, 1.82) is 0 Å². The molecule has 1 heterocycles. The lowest BCUT2D eigenvalue weighted by Gasteiger charge is -2.14. The summed E-state index contributed by atoms with van der Waals surface area (Å²) >= 11 is 1.63. The number of thiophene rings is 1. The van der Waals surface area contributed by atoms with Gasteiger partial charge in [0.1, 0.15) is 0 Å². The fourth-order valence-electron chi connectivity index (χ4n) is 1.80. The van der Waals surface area contributed by atoms with E-state index in [0.29, 0.717) is 6.42 Å². The molecule has 0 aliphatic heterocycles. The maximum absolute atomic E-state index is 13.6. The number of nitrogens with two attached hydrogens (primary N) is 1. The second kappa shape index (κ2) is 5.95. The van der Waals surface area contributed by atoms with Crippen molar-refractivity contribution in [1.82, 2.24) is 5.43 Å². The van der Waals surface area contributed by atoms with Gasteiger partial charge in [-0.05, 0) is 35.6 Å². The summed E-state index contributed by atoms with van der Waals surface area (Å²) < 4.78 is 18.5. The van der Waals surface area contributed by atoms with Gasteiger partial charge in [-0.15, -0.1) is 11.3 Å². The first-order chi connectivity index (χ1) is 8.74. The molecular formula is C13H15FN2OS. The van der Waals surface area contributed by atoms with Crippen molar-refractivity contribution in [2.45, 2.75) is 12.5 Å². The fourth-order valence-corrected chi connectivity index (χ4v) is 2.59. The van der Waals surface area contributed by atoms with Gasteiger partial charge in [0.15, 0.2) is 11.6 Å². The SMILES string of the molecule is COc1ccc(CC(NN)c2cccs2)cc1F. The normalized spacial score (nSPS) is 12.4. The minimum absolute atomic E-state index is 0.00204. The summed E-state index contributed by atoms with van der Waals surface area (Å²) in [6.07, 6.45) is 0.637. The average Bonchev–Trinajstić information content (AvgIpc) is 2.90. The monoisotopic (exact) mass is 266 g/mol. The first kappa shape index (κ1) is 13.0. The molecule has 1 atom stereocenters. The number of halogens is 1. The molecule has 0 saturated heterocycles. The zero-order valence-electron chi connectivity index (χ0n) is 10.0. The van der Waals surface area contributed by atoms with E-state index in [9.17, 15) is 4.39 Å². The van der Waals surface area contributed by atoms with Crippen LogP contribution in [0.1, 0.15) is 16.5 Å². The minimum atomic E-state index is -0.350. The van der Waals surface area contributed by atoms with Crippen LogP contribution in [-0.2, 0) is 6.42 Å². The van der Waals surface area contributed by atoms with Gasteiger partial charge in [0.25, 0.3) is 0 Å². The lowest BCUT2D eigenvalue weighted by molar-refractivity contribution is 0.386. The van der Waals surface area contributed by atoms with Crippen LogP contribution in [-0.4, -0.2) is 7.11 Å². The number of ether oxygens (including phenoxy) is 1. The molecule has 0 bridgehead atoms. The zero-order chi connectivity index (χ0) is 13.0. The van der Waals surface area contributed by atoms with E-state index in [1.54, 1.807) is 17.4 Å². The Kier molecular flexibility index (Phi) is 4.30. The maximum Gasteiger partial charge on any atom is 0.165 e. The molecule has 96 valence electrons. The highest BCUT2D eigenvalue weighted by Gasteiger charge is 2.13. The van der Waals surface area contributed by atoms with Gasteiger partial charge >= 0.3 is 0 Å². The van der Waals surface area contributed by atoms with Crippen molar-refractivity contribution >= 4 is 11.3 Å². The van der Waals surface area contributed by atoms with E-state index in [2.05, 4.69) is 5.43 Å². The van der Waals surface area contributed by atoms with Gasteiger partial charge in [0.2, 0.25) is 0 Å². The highest BCUT2D eigenvalue weighted by atomic mass is 32.1. The Balaban J connectivity index is 2.15. The second-order valence-electron chi connectivity index (χ2n) is 3.91. The van der Waals surface area contributed by atoms with Crippen LogP contribution in [0.5, 0.6) is 5.75 Å². The Hall–Kier alpha value is -1.43. The third kappa shape index (κ3) is 2.87. The molecule has 0 saturated carbocycles. The summed E-state index contributed by atoms with van der Waals surface area (Å²) in [7, 11) is 1.45. The molecule has 0 aliphatic rings. The maximum atomic E-state index is 13.6. The molecule has 0 aliphatic carbocycles.